The highest BCUT2D eigenvalue weighted by molar-refractivity contribution is 7.99. The third-order valence-corrected chi connectivity index (χ3v) is 5.32. The zero-order valence-electron chi connectivity index (χ0n) is 17.2. The van der Waals surface area contributed by atoms with Gasteiger partial charge in [0.15, 0.2) is 5.16 Å². The molecule has 1 heterocycles. The molecule has 0 aliphatic rings. The van der Waals surface area contributed by atoms with Gasteiger partial charge >= 0.3 is 0 Å². The first-order chi connectivity index (χ1) is 14.8. The number of carbonyl (C=O) groups excluding carboxylic acids is 1. The molecule has 3 aromatic rings. The Hall–Kier alpha value is -2.78. The number of hydrogen-bond donors (Lipinski definition) is 1. The molecule has 0 unspecified atom stereocenters. The van der Waals surface area contributed by atoms with Crippen molar-refractivity contribution in [1.82, 2.24) is 9.55 Å². The van der Waals surface area contributed by atoms with Crippen LogP contribution in [0.2, 0.25) is 0 Å². The van der Waals surface area contributed by atoms with Crippen LogP contribution in [-0.2, 0) is 16.1 Å². The molecule has 0 spiro atoms. The lowest BCUT2D eigenvalue weighted by molar-refractivity contribution is -0.113. The zero-order chi connectivity index (χ0) is 22.4. The molecule has 0 atom stereocenters. The Bertz CT molecular complexity index is 1130. The van der Waals surface area contributed by atoms with Gasteiger partial charge in [0.05, 0.1) is 28.4 Å². The van der Waals surface area contributed by atoms with E-state index in [9.17, 15) is 18.4 Å². The van der Waals surface area contributed by atoms with Gasteiger partial charge in [0, 0.05) is 19.2 Å². The molecule has 2 aromatic carbocycles. The van der Waals surface area contributed by atoms with Crippen LogP contribution in [0.4, 0.5) is 14.5 Å². The highest BCUT2D eigenvalue weighted by Gasteiger charge is 2.14. The minimum Gasteiger partial charge on any atom is -0.379 e. The molecule has 1 N–H and O–H groups in total. The topological polar surface area (TPSA) is 73.2 Å². The number of benzene rings is 2. The Balaban J connectivity index is 1.76. The smallest absolute Gasteiger partial charge is 0.262 e. The zero-order valence-corrected chi connectivity index (χ0v) is 18.0. The van der Waals surface area contributed by atoms with Gasteiger partial charge in [-0.1, -0.05) is 23.9 Å². The number of anilines is 1. The molecule has 0 aliphatic carbocycles. The summed E-state index contributed by atoms with van der Waals surface area (Å²) in [6, 6.07) is 9.93. The van der Waals surface area contributed by atoms with E-state index in [1.165, 1.54) is 4.57 Å². The van der Waals surface area contributed by atoms with Crippen LogP contribution in [0.5, 0.6) is 0 Å². The summed E-state index contributed by atoms with van der Waals surface area (Å²) in [7, 11) is 0. The maximum absolute atomic E-state index is 13.8. The maximum Gasteiger partial charge on any atom is 0.262 e. The molecule has 6 nitrogen and oxygen atoms in total. The summed E-state index contributed by atoms with van der Waals surface area (Å²) in [5, 5.41) is 3.29. The Morgan fingerprint density at radius 1 is 1.23 bits per heavy atom. The van der Waals surface area contributed by atoms with Gasteiger partial charge in [-0.15, -0.1) is 0 Å². The van der Waals surface area contributed by atoms with E-state index in [0.717, 1.165) is 23.9 Å². The SMILES string of the molecule is CC(C)OCCCn1c(SCC(=O)Nc2ccc(F)cc2F)nc2ccccc2c1=O. The third kappa shape index (κ3) is 6.11. The summed E-state index contributed by atoms with van der Waals surface area (Å²) in [5.74, 6) is -2.17. The van der Waals surface area contributed by atoms with Gasteiger partial charge in [-0.3, -0.25) is 14.2 Å². The number of rotatable bonds is 9. The average molecular weight is 448 g/mol. The lowest BCUT2D eigenvalue weighted by atomic mass is 10.2. The second kappa shape index (κ2) is 10.5. The van der Waals surface area contributed by atoms with Gasteiger partial charge in [-0.25, -0.2) is 13.8 Å². The molecule has 0 aliphatic heterocycles. The van der Waals surface area contributed by atoms with Gasteiger partial charge in [0.1, 0.15) is 11.6 Å². The average Bonchev–Trinajstić information content (AvgIpc) is 2.73. The van der Waals surface area contributed by atoms with Gasteiger partial charge < -0.3 is 10.1 Å². The lowest BCUT2D eigenvalue weighted by Crippen LogP contribution is -2.25. The first-order valence-electron chi connectivity index (χ1n) is 9.84. The van der Waals surface area contributed by atoms with E-state index in [1.807, 2.05) is 13.8 Å². The molecular formula is C22H23F2N3O3S. The van der Waals surface area contributed by atoms with Crippen molar-refractivity contribution in [2.24, 2.45) is 0 Å². The minimum atomic E-state index is -0.857. The Labute approximate surface area is 182 Å². The first kappa shape index (κ1) is 22.9. The Kier molecular flexibility index (Phi) is 7.75. The van der Waals surface area contributed by atoms with Crippen LogP contribution in [-0.4, -0.2) is 33.9 Å². The highest BCUT2D eigenvalue weighted by atomic mass is 32.2. The van der Waals surface area contributed by atoms with E-state index in [-0.39, 0.29) is 23.1 Å². The number of carbonyl (C=O) groups is 1. The summed E-state index contributed by atoms with van der Waals surface area (Å²) < 4.78 is 33.9. The van der Waals surface area contributed by atoms with Crippen molar-refractivity contribution in [3.63, 3.8) is 0 Å². The lowest BCUT2D eigenvalue weighted by Gasteiger charge is -2.14. The number of thioether (sulfide) groups is 1. The van der Waals surface area contributed by atoms with Crippen LogP contribution in [0.25, 0.3) is 10.9 Å². The molecular weight excluding hydrogens is 424 g/mol. The molecule has 1 amide bonds. The molecule has 0 saturated heterocycles. The fourth-order valence-electron chi connectivity index (χ4n) is 2.90. The summed E-state index contributed by atoms with van der Waals surface area (Å²) in [6.45, 7) is 4.76. The summed E-state index contributed by atoms with van der Waals surface area (Å²) in [4.78, 5) is 29.8. The molecule has 9 heteroatoms. The molecule has 31 heavy (non-hydrogen) atoms. The number of amides is 1. The number of ether oxygens (including phenoxy) is 1. The summed E-state index contributed by atoms with van der Waals surface area (Å²) >= 11 is 1.08. The normalized spacial score (nSPS) is 11.3. The van der Waals surface area contributed by atoms with E-state index in [2.05, 4.69) is 10.3 Å². The second-order valence-electron chi connectivity index (χ2n) is 7.10. The van der Waals surface area contributed by atoms with Crippen molar-refractivity contribution in [2.75, 3.05) is 17.7 Å². The van der Waals surface area contributed by atoms with E-state index < -0.39 is 17.5 Å². The van der Waals surface area contributed by atoms with E-state index in [1.54, 1.807) is 24.3 Å². The van der Waals surface area contributed by atoms with Gasteiger partial charge in [-0.05, 0) is 44.5 Å². The van der Waals surface area contributed by atoms with Crippen molar-refractivity contribution in [1.29, 1.82) is 0 Å². The third-order valence-electron chi connectivity index (χ3n) is 4.34. The molecule has 3 rings (SSSR count). The molecule has 0 saturated carbocycles. The van der Waals surface area contributed by atoms with Crippen molar-refractivity contribution >= 4 is 34.3 Å². The number of halogens is 2. The van der Waals surface area contributed by atoms with Crippen LogP contribution in [0, 0.1) is 11.6 Å². The second-order valence-corrected chi connectivity index (χ2v) is 8.04. The van der Waals surface area contributed by atoms with Crippen LogP contribution in [0.1, 0.15) is 20.3 Å². The minimum absolute atomic E-state index is 0.0932. The number of nitrogens with one attached hydrogen (secondary N) is 1. The Morgan fingerprint density at radius 3 is 2.74 bits per heavy atom. The van der Waals surface area contributed by atoms with Crippen molar-refractivity contribution in [3.05, 3.63) is 64.5 Å². The Morgan fingerprint density at radius 2 is 2.00 bits per heavy atom. The standard InChI is InChI=1S/C22H23F2N3O3S/c1-14(2)30-11-5-10-27-21(29)16-6-3-4-7-18(16)26-22(27)31-13-20(28)25-19-9-8-15(23)12-17(19)24/h3-4,6-9,12,14H,5,10-11,13H2,1-2H3,(H,25,28). The van der Waals surface area contributed by atoms with E-state index in [4.69, 9.17) is 4.74 Å². The summed E-state index contributed by atoms with van der Waals surface area (Å²) in [5.41, 5.74) is 0.235. The number of fused-ring (bicyclic) bond motifs is 1. The van der Waals surface area contributed by atoms with Gasteiger partial charge in [0.25, 0.3) is 5.56 Å². The maximum atomic E-state index is 13.8. The monoisotopic (exact) mass is 447 g/mol. The molecule has 0 fully saturated rings. The van der Waals surface area contributed by atoms with Gasteiger partial charge in [0.2, 0.25) is 5.91 Å². The quantitative estimate of drug-likeness (QED) is 0.302. The van der Waals surface area contributed by atoms with Crippen LogP contribution in [0.15, 0.2) is 52.4 Å². The van der Waals surface area contributed by atoms with E-state index in [0.29, 0.717) is 41.7 Å². The highest BCUT2D eigenvalue weighted by Crippen LogP contribution is 2.20. The van der Waals surface area contributed by atoms with Crippen molar-refractivity contribution in [2.45, 2.75) is 38.1 Å². The number of hydrogen-bond acceptors (Lipinski definition) is 5. The van der Waals surface area contributed by atoms with Crippen LogP contribution >= 0.6 is 11.8 Å². The fourth-order valence-corrected chi connectivity index (χ4v) is 3.73. The summed E-state index contributed by atoms with van der Waals surface area (Å²) in [6.07, 6.45) is 0.703. The predicted octanol–water partition coefficient (Wildman–Crippen LogP) is 4.22. The van der Waals surface area contributed by atoms with Crippen LogP contribution in [0.3, 0.4) is 0 Å². The van der Waals surface area contributed by atoms with Gasteiger partial charge in [-0.2, -0.15) is 0 Å². The molecule has 1 aromatic heterocycles. The number of aromatic nitrogens is 2. The van der Waals surface area contributed by atoms with Crippen LogP contribution < -0.4 is 10.9 Å². The molecule has 0 radical (unpaired) electrons. The first-order valence-corrected chi connectivity index (χ1v) is 10.8. The largest absolute Gasteiger partial charge is 0.379 e. The molecule has 0 bridgehead atoms. The predicted molar refractivity (Wildman–Crippen MR) is 117 cm³/mol. The fraction of sp³-hybridized carbons (Fsp3) is 0.318. The number of para-hydroxylation sites is 1. The van der Waals surface area contributed by atoms with Crippen molar-refractivity contribution in [3.8, 4) is 0 Å². The number of nitrogens with zero attached hydrogens (tertiary/aromatic N) is 2. The molecule has 164 valence electrons. The van der Waals surface area contributed by atoms with Crippen molar-refractivity contribution < 1.29 is 18.3 Å². The van der Waals surface area contributed by atoms with E-state index >= 15 is 0 Å².